The highest BCUT2D eigenvalue weighted by Crippen LogP contribution is 2.37. The normalized spacial score (nSPS) is 18.8. The van der Waals surface area contributed by atoms with Crippen molar-refractivity contribution in [3.05, 3.63) is 33.9 Å². The molecule has 1 aliphatic rings. The van der Waals surface area contributed by atoms with E-state index in [9.17, 15) is 24.5 Å². The molecule has 28 heavy (non-hydrogen) atoms. The molecule has 0 radical (unpaired) electrons. The summed E-state index contributed by atoms with van der Waals surface area (Å²) in [6.45, 7) is -0.0952. The SMILES string of the molecule is COC(=O)COC1CCC(c2ccc(NC(=O)C(=O)NN)c([N+](=O)[O-])c2)CC1. The quantitative estimate of drug-likeness (QED) is 0.159. The van der Waals surface area contributed by atoms with Crippen LogP contribution in [0.3, 0.4) is 0 Å². The van der Waals surface area contributed by atoms with Crippen LogP contribution in [0.15, 0.2) is 18.2 Å². The number of carbonyl (C=O) groups is 3. The molecule has 0 aromatic heterocycles. The number of hydrogen-bond acceptors (Lipinski definition) is 8. The number of nitrogens with zero attached hydrogens (tertiary/aromatic N) is 1. The van der Waals surface area contributed by atoms with Crippen LogP contribution in [0.25, 0.3) is 0 Å². The lowest BCUT2D eigenvalue weighted by Gasteiger charge is -2.28. The third-order valence-electron chi connectivity index (χ3n) is 4.61. The molecule has 4 N–H and O–H groups in total. The van der Waals surface area contributed by atoms with Gasteiger partial charge in [-0.2, -0.15) is 0 Å². The summed E-state index contributed by atoms with van der Waals surface area (Å²) in [5, 5.41) is 13.5. The van der Waals surface area contributed by atoms with Crippen molar-refractivity contribution in [3.8, 4) is 0 Å². The second-order valence-electron chi connectivity index (χ2n) is 6.32. The third-order valence-corrected chi connectivity index (χ3v) is 4.61. The summed E-state index contributed by atoms with van der Waals surface area (Å²) < 4.78 is 10.0. The minimum Gasteiger partial charge on any atom is -0.467 e. The first-order valence-electron chi connectivity index (χ1n) is 8.64. The fourth-order valence-electron chi connectivity index (χ4n) is 3.11. The molecule has 1 aromatic carbocycles. The first-order chi connectivity index (χ1) is 13.3. The van der Waals surface area contributed by atoms with Crippen molar-refractivity contribution >= 4 is 29.2 Å². The Balaban J connectivity index is 2.04. The standard InChI is InChI=1S/C17H22N4O7/c1-27-15(22)9-28-12-5-2-10(3-6-12)11-4-7-13(14(8-11)21(25)26)19-16(23)17(24)20-18/h4,7-8,10,12H,2-3,5-6,9,18H2,1H3,(H,19,23)(H,20,24). The predicted octanol–water partition coefficient (Wildman–Crippen LogP) is 0.739. The molecule has 1 aliphatic carbocycles. The van der Waals surface area contributed by atoms with Gasteiger partial charge in [0.05, 0.1) is 18.1 Å². The van der Waals surface area contributed by atoms with E-state index >= 15 is 0 Å². The Kier molecular flexibility index (Phi) is 7.41. The topological polar surface area (TPSA) is 163 Å². The molecule has 1 fully saturated rings. The third kappa shape index (κ3) is 5.47. The van der Waals surface area contributed by atoms with E-state index < -0.39 is 22.7 Å². The molecule has 0 atom stereocenters. The number of hydrogen-bond donors (Lipinski definition) is 3. The Labute approximate surface area is 160 Å². The lowest BCUT2D eigenvalue weighted by atomic mass is 9.82. The average molecular weight is 394 g/mol. The highest BCUT2D eigenvalue weighted by Gasteiger charge is 2.26. The molecule has 2 amide bonds. The van der Waals surface area contributed by atoms with Crippen LogP contribution >= 0.6 is 0 Å². The van der Waals surface area contributed by atoms with E-state index in [1.165, 1.54) is 19.2 Å². The van der Waals surface area contributed by atoms with Gasteiger partial charge in [0, 0.05) is 6.07 Å². The number of hydrazine groups is 1. The molecule has 0 aliphatic heterocycles. The number of rotatable bonds is 6. The molecule has 0 heterocycles. The van der Waals surface area contributed by atoms with Crippen molar-refractivity contribution in [2.45, 2.75) is 37.7 Å². The summed E-state index contributed by atoms with van der Waals surface area (Å²) in [6, 6.07) is 4.48. The molecular weight excluding hydrogens is 372 g/mol. The molecule has 0 unspecified atom stereocenters. The van der Waals surface area contributed by atoms with Crippen LogP contribution < -0.4 is 16.6 Å². The molecule has 1 aromatic rings. The molecule has 11 heteroatoms. The Morgan fingerprint density at radius 2 is 1.89 bits per heavy atom. The van der Waals surface area contributed by atoms with Crippen molar-refractivity contribution in [2.75, 3.05) is 19.0 Å². The van der Waals surface area contributed by atoms with Crippen molar-refractivity contribution in [1.29, 1.82) is 0 Å². The van der Waals surface area contributed by atoms with Gasteiger partial charge in [-0.05, 0) is 43.2 Å². The molecule has 0 bridgehead atoms. The van der Waals surface area contributed by atoms with E-state index in [-0.39, 0.29) is 30.0 Å². The van der Waals surface area contributed by atoms with Crippen LogP contribution in [0, 0.1) is 10.1 Å². The maximum absolute atomic E-state index is 11.6. The van der Waals surface area contributed by atoms with Gasteiger partial charge >= 0.3 is 17.8 Å². The molecule has 11 nitrogen and oxygen atoms in total. The average Bonchev–Trinajstić information content (AvgIpc) is 2.71. The fraction of sp³-hybridized carbons (Fsp3) is 0.471. The highest BCUT2D eigenvalue weighted by atomic mass is 16.6. The number of nitro groups is 1. The first kappa shape index (κ1) is 21.3. The molecular formula is C17H22N4O7. The van der Waals surface area contributed by atoms with Crippen LogP contribution in [-0.2, 0) is 23.9 Å². The van der Waals surface area contributed by atoms with Crippen LogP contribution in [0.1, 0.15) is 37.2 Å². The minimum absolute atomic E-state index is 0.0568. The molecule has 0 saturated heterocycles. The Morgan fingerprint density at radius 1 is 1.21 bits per heavy atom. The maximum Gasteiger partial charge on any atom is 0.331 e. The number of amides is 2. The fourth-order valence-corrected chi connectivity index (χ4v) is 3.11. The van der Waals surface area contributed by atoms with E-state index in [4.69, 9.17) is 10.6 Å². The summed E-state index contributed by atoms with van der Waals surface area (Å²) in [7, 11) is 1.30. The Hall–Kier alpha value is -3.05. The number of ether oxygens (including phenoxy) is 2. The van der Waals surface area contributed by atoms with Crippen LogP contribution in [-0.4, -0.2) is 42.5 Å². The van der Waals surface area contributed by atoms with Crippen LogP contribution in [0.4, 0.5) is 11.4 Å². The van der Waals surface area contributed by atoms with Crippen molar-refractivity contribution < 1.29 is 28.8 Å². The summed E-state index contributed by atoms with van der Waals surface area (Å²) in [5.41, 5.74) is 2.03. The van der Waals surface area contributed by atoms with Gasteiger partial charge in [0.2, 0.25) is 0 Å². The van der Waals surface area contributed by atoms with Gasteiger partial charge < -0.3 is 14.8 Å². The highest BCUT2D eigenvalue weighted by molar-refractivity contribution is 6.39. The summed E-state index contributed by atoms with van der Waals surface area (Å²) >= 11 is 0. The van der Waals surface area contributed by atoms with Gasteiger partial charge in [-0.3, -0.25) is 25.1 Å². The monoisotopic (exact) mass is 394 g/mol. The molecule has 0 spiro atoms. The molecule has 2 rings (SSSR count). The number of nitro benzene ring substituents is 1. The zero-order chi connectivity index (χ0) is 20.7. The summed E-state index contributed by atoms with van der Waals surface area (Å²) in [4.78, 5) is 44.7. The number of anilines is 1. The number of nitrogens with two attached hydrogens (primary N) is 1. The van der Waals surface area contributed by atoms with Crippen LogP contribution in [0.2, 0.25) is 0 Å². The predicted molar refractivity (Wildman–Crippen MR) is 97.0 cm³/mol. The van der Waals surface area contributed by atoms with Crippen molar-refractivity contribution in [3.63, 3.8) is 0 Å². The molecule has 1 saturated carbocycles. The zero-order valence-corrected chi connectivity index (χ0v) is 15.3. The number of carbonyl (C=O) groups excluding carboxylic acids is 3. The van der Waals surface area contributed by atoms with Gasteiger partial charge in [0.15, 0.2) is 0 Å². The second kappa shape index (κ2) is 9.76. The van der Waals surface area contributed by atoms with Gasteiger partial charge in [-0.25, -0.2) is 10.6 Å². The zero-order valence-electron chi connectivity index (χ0n) is 15.3. The first-order valence-corrected chi connectivity index (χ1v) is 8.64. The summed E-state index contributed by atoms with van der Waals surface area (Å²) in [6.07, 6.45) is 2.85. The van der Waals surface area contributed by atoms with E-state index in [1.807, 2.05) is 0 Å². The Morgan fingerprint density at radius 3 is 2.46 bits per heavy atom. The van der Waals surface area contributed by atoms with Crippen LogP contribution in [0.5, 0.6) is 0 Å². The number of nitrogens with one attached hydrogen (secondary N) is 2. The van der Waals surface area contributed by atoms with E-state index in [0.717, 1.165) is 18.4 Å². The summed E-state index contributed by atoms with van der Waals surface area (Å²) in [5.74, 6) is 2.33. The van der Waals surface area contributed by atoms with Crippen molar-refractivity contribution in [1.82, 2.24) is 5.43 Å². The van der Waals surface area contributed by atoms with E-state index in [1.54, 1.807) is 11.5 Å². The lowest BCUT2D eigenvalue weighted by molar-refractivity contribution is -0.384. The van der Waals surface area contributed by atoms with Crippen molar-refractivity contribution in [2.24, 2.45) is 5.84 Å². The van der Waals surface area contributed by atoms with Gasteiger partial charge in [0.25, 0.3) is 5.69 Å². The largest absolute Gasteiger partial charge is 0.467 e. The van der Waals surface area contributed by atoms with Gasteiger partial charge in [-0.15, -0.1) is 0 Å². The number of methoxy groups -OCH3 is 1. The molecule has 152 valence electrons. The Bertz CT molecular complexity index is 760. The van der Waals surface area contributed by atoms with Gasteiger partial charge in [-0.1, -0.05) is 6.07 Å². The lowest BCUT2D eigenvalue weighted by Crippen LogP contribution is -2.39. The minimum atomic E-state index is -1.11. The van der Waals surface area contributed by atoms with E-state index in [2.05, 4.69) is 10.1 Å². The smallest absolute Gasteiger partial charge is 0.331 e. The van der Waals surface area contributed by atoms with E-state index in [0.29, 0.717) is 12.8 Å². The maximum atomic E-state index is 11.6. The van der Waals surface area contributed by atoms with Gasteiger partial charge in [0.1, 0.15) is 12.3 Å². The number of benzene rings is 1. The number of esters is 1. The second-order valence-corrected chi connectivity index (χ2v) is 6.32.